The number of ether oxygens (including phenoxy) is 1. The van der Waals surface area contributed by atoms with Crippen LogP contribution in [0.25, 0.3) is 0 Å². The van der Waals surface area contributed by atoms with E-state index in [-0.39, 0.29) is 24.5 Å². The summed E-state index contributed by atoms with van der Waals surface area (Å²) in [7, 11) is 1.66. The van der Waals surface area contributed by atoms with Crippen molar-refractivity contribution in [2.45, 2.75) is 18.9 Å². The first-order valence-electron chi connectivity index (χ1n) is 8.29. The maximum absolute atomic E-state index is 12.8. The van der Waals surface area contributed by atoms with E-state index in [1.54, 1.807) is 19.2 Å². The van der Waals surface area contributed by atoms with Crippen LogP contribution in [0, 0.1) is 11.8 Å². The van der Waals surface area contributed by atoms with Crippen LogP contribution in [0.4, 0.5) is 5.69 Å². The average Bonchev–Trinajstić information content (AvgIpc) is 2.55. The van der Waals surface area contributed by atoms with Crippen LogP contribution >= 0.6 is 11.6 Å². The Morgan fingerprint density at radius 2 is 2.29 bits per heavy atom. The third-order valence-corrected chi connectivity index (χ3v) is 5.63. The fourth-order valence-electron chi connectivity index (χ4n) is 3.96. The Kier molecular flexibility index (Phi) is 3.89. The minimum atomic E-state index is -0.182. The van der Waals surface area contributed by atoms with Gasteiger partial charge in [-0.25, -0.2) is 0 Å². The van der Waals surface area contributed by atoms with Gasteiger partial charge >= 0.3 is 0 Å². The smallest absolute Gasteiger partial charge is 0.264 e. The quantitative estimate of drug-likeness (QED) is 0.847. The van der Waals surface area contributed by atoms with Gasteiger partial charge in [-0.2, -0.15) is 0 Å². The molecule has 2 aliphatic heterocycles. The third-order valence-electron chi connectivity index (χ3n) is 5.41. The van der Waals surface area contributed by atoms with Crippen molar-refractivity contribution in [1.82, 2.24) is 10.6 Å². The zero-order valence-electron chi connectivity index (χ0n) is 13.5. The lowest BCUT2D eigenvalue weighted by atomic mass is 9.66. The molecule has 128 valence electrons. The van der Waals surface area contributed by atoms with Gasteiger partial charge in [-0.1, -0.05) is 11.6 Å². The SMILES string of the molecule is CN1C(=O)COc2c(C(=O)NC3CC4CNCCC43)cc(Cl)cc21. The summed E-state index contributed by atoms with van der Waals surface area (Å²) in [6, 6.07) is 3.47. The van der Waals surface area contributed by atoms with Gasteiger partial charge in [0.2, 0.25) is 0 Å². The van der Waals surface area contributed by atoms with Crippen molar-refractivity contribution in [3.8, 4) is 5.75 Å². The van der Waals surface area contributed by atoms with Crippen molar-refractivity contribution in [3.05, 3.63) is 22.7 Å². The zero-order valence-corrected chi connectivity index (χ0v) is 14.2. The molecule has 1 aromatic rings. The van der Waals surface area contributed by atoms with Gasteiger partial charge in [-0.15, -0.1) is 0 Å². The van der Waals surface area contributed by atoms with Crippen LogP contribution in [0.5, 0.6) is 5.75 Å². The van der Waals surface area contributed by atoms with Crippen LogP contribution in [0.1, 0.15) is 23.2 Å². The van der Waals surface area contributed by atoms with Gasteiger partial charge < -0.3 is 20.3 Å². The molecule has 24 heavy (non-hydrogen) atoms. The highest BCUT2D eigenvalue weighted by molar-refractivity contribution is 6.31. The number of nitrogens with zero attached hydrogens (tertiary/aromatic N) is 1. The predicted octanol–water partition coefficient (Wildman–Crippen LogP) is 1.42. The molecule has 0 radical (unpaired) electrons. The number of fused-ring (bicyclic) bond motifs is 2. The number of hydrogen-bond donors (Lipinski definition) is 2. The Labute approximate surface area is 145 Å². The minimum absolute atomic E-state index is 0.0643. The Bertz CT molecular complexity index is 709. The zero-order chi connectivity index (χ0) is 16.8. The molecular formula is C17H20ClN3O3. The number of carbonyl (C=O) groups is 2. The molecule has 1 aliphatic carbocycles. The third kappa shape index (κ3) is 2.54. The van der Waals surface area contributed by atoms with Crippen LogP contribution in [0.15, 0.2) is 12.1 Å². The molecule has 4 rings (SSSR count). The van der Waals surface area contributed by atoms with Gasteiger partial charge in [-0.3, -0.25) is 9.59 Å². The van der Waals surface area contributed by atoms with E-state index in [0.29, 0.717) is 33.9 Å². The fourth-order valence-corrected chi connectivity index (χ4v) is 4.17. The summed E-state index contributed by atoms with van der Waals surface area (Å²) in [5, 5.41) is 6.93. The molecule has 3 atom stereocenters. The average molecular weight is 350 g/mol. The summed E-state index contributed by atoms with van der Waals surface area (Å²) in [6.45, 7) is 1.99. The number of hydrogen-bond acceptors (Lipinski definition) is 4. The monoisotopic (exact) mass is 349 g/mol. The maximum Gasteiger partial charge on any atom is 0.264 e. The summed E-state index contributed by atoms with van der Waals surface area (Å²) in [4.78, 5) is 26.0. The van der Waals surface area contributed by atoms with E-state index in [1.807, 2.05) is 0 Å². The van der Waals surface area contributed by atoms with E-state index in [4.69, 9.17) is 16.3 Å². The molecule has 3 aliphatic rings. The van der Waals surface area contributed by atoms with Crippen LogP contribution in [0.3, 0.4) is 0 Å². The molecule has 1 aromatic carbocycles. The van der Waals surface area contributed by atoms with Gasteiger partial charge in [0.25, 0.3) is 11.8 Å². The summed E-state index contributed by atoms with van der Waals surface area (Å²) in [5.74, 6) is 1.30. The number of carbonyl (C=O) groups excluding carboxylic acids is 2. The largest absolute Gasteiger partial charge is 0.481 e. The van der Waals surface area contributed by atoms with E-state index < -0.39 is 0 Å². The number of nitrogens with one attached hydrogen (secondary N) is 2. The number of benzene rings is 1. The second-order valence-corrected chi connectivity index (χ2v) is 7.21. The molecule has 3 unspecified atom stereocenters. The lowest BCUT2D eigenvalue weighted by Crippen LogP contribution is -2.58. The Hall–Kier alpha value is -1.79. The molecule has 2 N–H and O–H groups in total. The molecule has 0 spiro atoms. The maximum atomic E-state index is 12.8. The van der Waals surface area contributed by atoms with Crippen LogP contribution < -0.4 is 20.3 Å². The Morgan fingerprint density at radius 3 is 3.08 bits per heavy atom. The second kappa shape index (κ2) is 5.93. The van der Waals surface area contributed by atoms with Gasteiger partial charge in [0.15, 0.2) is 12.4 Å². The van der Waals surface area contributed by atoms with Crippen LogP contribution in [0.2, 0.25) is 5.02 Å². The topological polar surface area (TPSA) is 70.7 Å². The molecule has 2 fully saturated rings. The fraction of sp³-hybridized carbons (Fsp3) is 0.529. The Morgan fingerprint density at radius 1 is 1.46 bits per heavy atom. The number of rotatable bonds is 2. The van der Waals surface area contributed by atoms with E-state index in [2.05, 4.69) is 10.6 Å². The van der Waals surface area contributed by atoms with Gasteiger partial charge in [0.05, 0.1) is 11.3 Å². The first kappa shape index (κ1) is 15.7. The number of piperidine rings is 1. The summed E-state index contributed by atoms with van der Waals surface area (Å²) in [5.41, 5.74) is 0.937. The molecule has 6 nitrogen and oxygen atoms in total. The molecule has 1 saturated heterocycles. The number of halogens is 1. The van der Waals surface area contributed by atoms with Crippen molar-refractivity contribution in [2.75, 3.05) is 31.6 Å². The molecule has 7 heteroatoms. The lowest BCUT2D eigenvalue weighted by molar-refractivity contribution is -0.121. The van der Waals surface area contributed by atoms with E-state index >= 15 is 0 Å². The minimum Gasteiger partial charge on any atom is -0.481 e. The number of anilines is 1. The highest BCUT2D eigenvalue weighted by Gasteiger charge is 2.43. The van der Waals surface area contributed by atoms with Crippen LogP contribution in [-0.2, 0) is 4.79 Å². The first-order valence-corrected chi connectivity index (χ1v) is 8.67. The second-order valence-electron chi connectivity index (χ2n) is 6.78. The van der Waals surface area contributed by atoms with Crippen LogP contribution in [-0.4, -0.2) is 44.6 Å². The van der Waals surface area contributed by atoms with Gasteiger partial charge in [0.1, 0.15) is 0 Å². The van der Waals surface area contributed by atoms with Crippen molar-refractivity contribution >= 4 is 29.1 Å². The lowest BCUT2D eigenvalue weighted by Gasteiger charge is -2.48. The normalized spacial score (nSPS) is 28.3. The highest BCUT2D eigenvalue weighted by atomic mass is 35.5. The van der Waals surface area contributed by atoms with Crippen molar-refractivity contribution in [1.29, 1.82) is 0 Å². The molecule has 0 bridgehead atoms. The van der Waals surface area contributed by atoms with Crippen molar-refractivity contribution in [3.63, 3.8) is 0 Å². The van der Waals surface area contributed by atoms with Crippen molar-refractivity contribution in [2.24, 2.45) is 11.8 Å². The molecule has 1 saturated carbocycles. The van der Waals surface area contributed by atoms with Crippen molar-refractivity contribution < 1.29 is 14.3 Å². The van der Waals surface area contributed by atoms with Gasteiger partial charge in [-0.05, 0) is 49.9 Å². The van der Waals surface area contributed by atoms with Gasteiger partial charge in [0, 0.05) is 18.1 Å². The molecule has 2 amide bonds. The standard InChI is InChI=1S/C17H20ClN3O3/c1-21-14-6-10(18)5-12(16(14)24-8-15(21)22)17(23)20-13-4-9-7-19-3-2-11(9)13/h5-6,9,11,13,19H,2-4,7-8H2,1H3,(H,20,23). The number of amides is 2. The summed E-state index contributed by atoms with van der Waals surface area (Å²) >= 11 is 6.15. The molecule has 2 heterocycles. The molecular weight excluding hydrogens is 330 g/mol. The predicted molar refractivity (Wildman–Crippen MR) is 90.7 cm³/mol. The summed E-state index contributed by atoms with van der Waals surface area (Å²) in [6.07, 6.45) is 2.10. The number of likely N-dealkylation sites (N-methyl/N-ethyl adjacent to an activating group) is 1. The Balaban J connectivity index is 1.57. The first-order chi connectivity index (χ1) is 11.5. The highest BCUT2D eigenvalue weighted by Crippen LogP contribution is 2.40. The van der Waals surface area contributed by atoms with E-state index in [0.717, 1.165) is 25.9 Å². The van der Waals surface area contributed by atoms with E-state index in [9.17, 15) is 9.59 Å². The van der Waals surface area contributed by atoms with E-state index in [1.165, 1.54) is 4.90 Å². The molecule has 0 aromatic heterocycles. The summed E-state index contributed by atoms with van der Waals surface area (Å²) < 4.78 is 5.53.